The first kappa shape index (κ1) is 25.8. The number of aliphatic hydroxyl groups excluding tert-OH is 1. The van der Waals surface area contributed by atoms with E-state index < -0.39 is 17.7 Å². The van der Waals surface area contributed by atoms with E-state index in [4.69, 9.17) is 4.74 Å². The smallest absolute Gasteiger partial charge is 0.290 e. The van der Waals surface area contributed by atoms with Gasteiger partial charge in [0.2, 0.25) is 5.78 Å². The van der Waals surface area contributed by atoms with Crippen molar-refractivity contribution in [1.82, 2.24) is 9.88 Å². The zero-order chi connectivity index (χ0) is 26.0. The van der Waals surface area contributed by atoms with Crippen LogP contribution in [-0.4, -0.2) is 45.9 Å². The van der Waals surface area contributed by atoms with Crippen LogP contribution < -0.4 is 0 Å². The van der Waals surface area contributed by atoms with Gasteiger partial charge in [0.25, 0.3) is 5.91 Å². The summed E-state index contributed by atoms with van der Waals surface area (Å²) in [7, 11) is 0. The fourth-order valence-corrected chi connectivity index (χ4v) is 5.37. The molecular formula is C29H32N2O4S. The second-order valence-electron chi connectivity index (χ2n) is 9.53. The molecule has 0 spiro atoms. The van der Waals surface area contributed by atoms with Crippen molar-refractivity contribution in [3.8, 4) is 10.6 Å². The third-order valence-electron chi connectivity index (χ3n) is 6.27. The molecule has 1 aromatic heterocycles. The number of Topliss-reactive ketones (excluding diaryl/α,β-unsaturated/α-hetero) is 1. The van der Waals surface area contributed by atoms with Crippen LogP contribution in [0.1, 0.15) is 66.1 Å². The highest BCUT2D eigenvalue weighted by molar-refractivity contribution is 7.17. The van der Waals surface area contributed by atoms with Gasteiger partial charge in [-0.25, -0.2) is 4.98 Å². The lowest BCUT2D eigenvalue weighted by atomic mass is 9.93. The van der Waals surface area contributed by atoms with Gasteiger partial charge in [-0.15, -0.1) is 11.3 Å². The van der Waals surface area contributed by atoms with Crippen LogP contribution in [0.2, 0.25) is 0 Å². The number of amides is 1. The van der Waals surface area contributed by atoms with Crippen molar-refractivity contribution in [2.75, 3.05) is 13.2 Å². The number of aromatic nitrogens is 1. The van der Waals surface area contributed by atoms with Gasteiger partial charge in [-0.2, -0.15) is 0 Å². The van der Waals surface area contributed by atoms with Crippen molar-refractivity contribution >= 4 is 23.0 Å². The normalized spacial score (nSPS) is 16.0. The summed E-state index contributed by atoms with van der Waals surface area (Å²) in [4.78, 5) is 33.7. The summed E-state index contributed by atoms with van der Waals surface area (Å²) >= 11 is 1.28. The summed E-state index contributed by atoms with van der Waals surface area (Å²) < 4.78 is 5.69. The molecule has 36 heavy (non-hydrogen) atoms. The molecule has 1 aliphatic rings. The highest BCUT2D eigenvalue weighted by Crippen LogP contribution is 2.41. The van der Waals surface area contributed by atoms with E-state index in [1.807, 2.05) is 68.4 Å². The number of hydrogen-bond acceptors (Lipinski definition) is 6. The summed E-state index contributed by atoms with van der Waals surface area (Å²) in [5.41, 5.74) is 3.51. The van der Waals surface area contributed by atoms with Crippen molar-refractivity contribution < 1.29 is 19.4 Å². The lowest BCUT2D eigenvalue weighted by Crippen LogP contribution is -2.34. The monoisotopic (exact) mass is 504 g/mol. The van der Waals surface area contributed by atoms with Gasteiger partial charge in [0.05, 0.1) is 34.9 Å². The predicted molar refractivity (Wildman–Crippen MR) is 142 cm³/mol. The number of aryl methyl sites for hydroxylation is 1. The van der Waals surface area contributed by atoms with Crippen molar-refractivity contribution in [3.63, 3.8) is 0 Å². The van der Waals surface area contributed by atoms with E-state index in [0.29, 0.717) is 23.1 Å². The van der Waals surface area contributed by atoms with E-state index >= 15 is 0 Å². The number of thiazole rings is 1. The van der Waals surface area contributed by atoms with E-state index in [0.717, 1.165) is 21.7 Å². The number of carbonyl (C=O) groups excluding carboxylic acids is 2. The number of benzene rings is 2. The lowest BCUT2D eigenvalue weighted by molar-refractivity contribution is -0.130. The number of ether oxygens (including phenoxy) is 1. The first-order valence-electron chi connectivity index (χ1n) is 12.2. The topological polar surface area (TPSA) is 79.7 Å². The van der Waals surface area contributed by atoms with Crippen molar-refractivity contribution in [2.45, 2.75) is 52.7 Å². The Bertz CT molecular complexity index is 1280. The van der Waals surface area contributed by atoms with E-state index in [1.54, 1.807) is 6.92 Å². The summed E-state index contributed by atoms with van der Waals surface area (Å²) in [6.45, 7) is 10.4. The Morgan fingerprint density at radius 2 is 1.75 bits per heavy atom. The lowest BCUT2D eigenvalue weighted by Gasteiger charge is -2.27. The molecule has 0 fully saturated rings. The van der Waals surface area contributed by atoms with E-state index in [9.17, 15) is 14.7 Å². The minimum atomic E-state index is -0.705. The Kier molecular flexibility index (Phi) is 7.71. The molecule has 4 rings (SSSR count). The number of ketones is 1. The number of aliphatic hydroxyl groups is 1. The summed E-state index contributed by atoms with van der Waals surface area (Å²) in [5, 5.41) is 11.7. The maximum absolute atomic E-state index is 13.9. The second kappa shape index (κ2) is 10.8. The minimum Gasteiger partial charge on any atom is -0.503 e. The van der Waals surface area contributed by atoms with E-state index in [2.05, 4.69) is 18.8 Å². The van der Waals surface area contributed by atoms with Gasteiger partial charge in [0.1, 0.15) is 5.01 Å². The fourth-order valence-electron chi connectivity index (χ4n) is 4.35. The van der Waals surface area contributed by atoms with Crippen LogP contribution in [0, 0.1) is 6.92 Å². The first-order chi connectivity index (χ1) is 17.2. The Hall–Kier alpha value is -3.29. The van der Waals surface area contributed by atoms with Gasteiger partial charge >= 0.3 is 0 Å². The van der Waals surface area contributed by atoms with Gasteiger partial charge in [-0.3, -0.25) is 9.59 Å². The molecule has 0 saturated heterocycles. The van der Waals surface area contributed by atoms with E-state index in [-0.39, 0.29) is 24.0 Å². The standard InChI is InChI=1S/C29H32N2O4S/c1-17(2)20-11-13-21(14-12-20)24-23(26(33)29(34)31(24)15-16-35-18(3)4)25(32)27-19(5)30-28(36-27)22-9-7-6-8-10-22/h6-14,17-18,24,33H,15-16H2,1-5H3. The average molecular weight is 505 g/mol. The van der Waals surface area contributed by atoms with Gasteiger partial charge in [-0.1, -0.05) is 68.4 Å². The van der Waals surface area contributed by atoms with Crippen LogP contribution in [0.3, 0.4) is 0 Å². The van der Waals surface area contributed by atoms with Crippen LogP contribution in [0.15, 0.2) is 65.9 Å². The Morgan fingerprint density at radius 1 is 1.08 bits per heavy atom. The Balaban J connectivity index is 1.74. The first-order valence-corrected chi connectivity index (χ1v) is 13.0. The third kappa shape index (κ3) is 5.13. The summed E-state index contributed by atoms with van der Waals surface area (Å²) in [6.07, 6.45) is 0.00499. The SMILES string of the molecule is Cc1nc(-c2ccccc2)sc1C(=O)C1=C(O)C(=O)N(CCOC(C)C)C1c1ccc(C(C)C)cc1. The molecular weight excluding hydrogens is 472 g/mol. The van der Waals surface area contributed by atoms with Crippen LogP contribution in [0.25, 0.3) is 10.6 Å². The average Bonchev–Trinajstić information content (AvgIpc) is 3.37. The van der Waals surface area contributed by atoms with Gasteiger partial charge in [-0.05, 0) is 37.8 Å². The number of hydrogen-bond donors (Lipinski definition) is 1. The quantitative estimate of drug-likeness (QED) is 0.349. The number of nitrogens with zero attached hydrogens (tertiary/aromatic N) is 2. The predicted octanol–water partition coefficient (Wildman–Crippen LogP) is 6.25. The maximum Gasteiger partial charge on any atom is 0.290 e. The highest BCUT2D eigenvalue weighted by atomic mass is 32.1. The van der Waals surface area contributed by atoms with Crippen LogP contribution in [-0.2, 0) is 9.53 Å². The van der Waals surface area contributed by atoms with Crippen LogP contribution >= 0.6 is 11.3 Å². The molecule has 1 amide bonds. The van der Waals surface area contributed by atoms with Gasteiger partial charge in [0.15, 0.2) is 5.76 Å². The second-order valence-corrected chi connectivity index (χ2v) is 10.5. The molecule has 6 nitrogen and oxygen atoms in total. The molecule has 0 radical (unpaired) electrons. The van der Waals surface area contributed by atoms with Crippen molar-refractivity contribution in [1.29, 1.82) is 0 Å². The van der Waals surface area contributed by atoms with Crippen molar-refractivity contribution in [2.24, 2.45) is 0 Å². The molecule has 1 atom stereocenters. The number of rotatable bonds is 9. The third-order valence-corrected chi connectivity index (χ3v) is 7.48. The van der Waals surface area contributed by atoms with Gasteiger partial charge < -0.3 is 14.7 Å². The molecule has 1 unspecified atom stereocenters. The Labute approximate surface area is 216 Å². The molecule has 1 N–H and O–H groups in total. The van der Waals surface area contributed by atoms with Crippen LogP contribution in [0.4, 0.5) is 0 Å². The van der Waals surface area contributed by atoms with Crippen LogP contribution in [0.5, 0.6) is 0 Å². The summed E-state index contributed by atoms with van der Waals surface area (Å²) in [5.74, 6) is -1.09. The highest BCUT2D eigenvalue weighted by Gasteiger charge is 2.44. The van der Waals surface area contributed by atoms with E-state index in [1.165, 1.54) is 16.2 Å². The molecule has 2 heterocycles. The molecule has 188 valence electrons. The molecule has 0 aliphatic carbocycles. The number of carbonyl (C=O) groups is 2. The molecule has 0 bridgehead atoms. The molecule has 7 heteroatoms. The molecule has 3 aromatic rings. The zero-order valence-electron chi connectivity index (χ0n) is 21.3. The largest absolute Gasteiger partial charge is 0.503 e. The minimum absolute atomic E-state index is 0.00499. The van der Waals surface area contributed by atoms with Crippen molar-refractivity contribution in [3.05, 3.63) is 87.6 Å². The molecule has 2 aromatic carbocycles. The van der Waals surface area contributed by atoms with Gasteiger partial charge in [0, 0.05) is 12.1 Å². The fraction of sp³-hybridized carbons (Fsp3) is 0.345. The molecule has 0 saturated carbocycles. The maximum atomic E-state index is 13.9. The molecule has 1 aliphatic heterocycles. The summed E-state index contributed by atoms with van der Waals surface area (Å²) in [6, 6.07) is 16.8. The Morgan fingerprint density at radius 3 is 2.36 bits per heavy atom. The zero-order valence-corrected chi connectivity index (χ0v) is 22.1.